The summed E-state index contributed by atoms with van der Waals surface area (Å²) in [6, 6.07) is 3.26. The van der Waals surface area contributed by atoms with Gasteiger partial charge < -0.3 is 10.6 Å². The van der Waals surface area contributed by atoms with Crippen LogP contribution in [0.4, 0.5) is 15.8 Å². The van der Waals surface area contributed by atoms with Crippen molar-refractivity contribution in [3.63, 3.8) is 0 Å². The zero-order valence-electron chi connectivity index (χ0n) is 10.3. The fourth-order valence-electron chi connectivity index (χ4n) is 2.49. The minimum Gasteiger partial charge on any atom is -0.382 e. The van der Waals surface area contributed by atoms with Gasteiger partial charge in [-0.3, -0.25) is 4.79 Å². The molecule has 1 aromatic carbocycles. The number of benzene rings is 1. The van der Waals surface area contributed by atoms with Gasteiger partial charge in [0.15, 0.2) is 0 Å². The number of carbonyl (C=O) groups excluding carboxylic acids is 1. The lowest BCUT2D eigenvalue weighted by Gasteiger charge is -2.26. The van der Waals surface area contributed by atoms with Crippen LogP contribution in [-0.2, 0) is 11.2 Å². The van der Waals surface area contributed by atoms with Crippen molar-refractivity contribution in [2.75, 3.05) is 17.2 Å². The first-order valence-electron chi connectivity index (χ1n) is 6.58. The summed E-state index contributed by atoms with van der Waals surface area (Å²) in [6.45, 7) is 0.823. The van der Waals surface area contributed by atoms with Gasteiger partial charge in [0.2, 0.25) is 5.91 Å². The predicted octanol–water partition coefficient (Wildman–Crippen LogP) is 2.92. The summed E-state index contributed by atoms with van der Waals surface area (Å²) in [4.78, 5) is 11.3. The molecule has 1 heterocycles. The average molecular weight is 248 g/mol. The molecule has 3 rings (SSSR count). The third kappa shape index (κ3) is 2.19. The maximum atomic E-state index is 13.9. The van der Waals surface area contributed by atoms with Crippen LogP contribution in [0.5, 0.6) is 0 Å². The van der Waals surface area contributed by atoms with Gasteiger partial charge in [0, 0.05) is 18.7 Å². The van der Waals surface area contributed by atoms with Crippen LogP contribution in [0, 0.1) is 11.7 Å². The predicted molar refractivity (Wildman–Crippen MR) is 69.2 cm³/mol. The maximum absolute atomic E-state index is 13.9. The number of halogens is 1. The molecule has 0 unspecified atom stereocenters. The molecule has 2 N–H and O–H groups in total. The first-order chi connectivity index (χ1) is 8.72. The van der Waals surface area contributed by atoms with Gasteiger partial charge in [-0.2, -0.15) is 0 Å². The summed E-state index contributed by atoms with van der Waals surface area (Å²) in [5, 5.41) is 5.95. The Kier molecular flexibility index (Phi) is 2.94. The van der Waals surface area contributed by atoms with E-state index in [-0.39, 0.29) is 11.7 Å². The Morgan fingerprint density at radius 3 is 2.89 bits per heavy atom. The van der Waals surface area contributed by atoms with Gasteiger partial charge in [0.05, 0.1) is 5.69 Å². The van der Waals surface area contributed by atoms with E-state index in [1.165, 1.54) is 25.3 Å². The highest BCUT2D eigenvalue weighted by Crippen LogP contribution is 2.30. The number of nitrogens with one attached hydrogen (secondary N) is 2. The monoisotopic (exact) mass is 248 g/mol. The van der Waals surface area contributed by atoms with E-state index in [9.17, 15) is 9.18 Å². The molecule has 18 heavy (non-hydrogen) atoms. The lowest BCUT2D eigenvalue weighted by Crippen LogP contribution is -2.22. The minimum atomic E-state index is -0.218. The average Bonchev–Trinajstić information content (AvgIpc) is 2.28. The number of carbonyl (C=O) groups is 1. The second kappa shape index (κ2) is 4.59. The highest BCUT2D eigenvalue weighted by molar-refractivity contribution is 5.94. The molecule has 3 nitrogen and oxygen atoms in total. The fraction of sp³-hybridized carbons (Fsp3) is 0.500. The lowest BCUT2D eigenvalue weighted by molar-refractivity contribution is -0.116. The molecule has 1 aliphatic carbocycles. The number of anilines is 2. The molecule has 1 amide bonds. The van der Waals surface area contributed by atoms with E-state index in [2.05, 4.69) is 10.6 Å². The van der Waals surface area contributed by atoms with Crippen molar-refractivity contribution in [1.82, 2.24) is 0 Å². The number of rotatable bonds is 3. The third-order valence-corrected chi connectivity index (χ3v) is 3.89. The fourth-order valence-corrected chi connectivity index (χ4v) is 2.49. The maximum Gasteiger partial charge on any atom is 0.224 e. The molecular weight excluding hydrogens is 231 g/mol. The molecule has 2 aliphatic rings. The molecular formula is C14H17FN2O. The Morgan fingerprint density at radius 1 is 1.33 bits per heavy atom. The SMILES string of the molecule is O=C1CCc2cc(F)c(NCC3CCC3)cc2N1. The molecule has 1 aliphatic heterocycles. The Bertz CT molecular complexity index is 483. The summed E-state index contributed by atoms with van der Waals surface area (Å²) < 4.78 is 13.9. The van der Waals surface area contributed by atoms with Crippen LogP contribution in [0.3, 0.4) is 0 Å². The molecule has 0 spiro atoms. The van der Waals surface area contributed by atoms with Crippen molar-refractivity contribution < 1.29 is 9.18 Å². The Balaban J connectivity index is 1.76. The van der Waals surface area contributed by atoms with Crippen LogP contribution >= 0.6 is 0 Å². The van der Waals surface area contributed by atoms with Crippen molar-refractivity contribution in [2.45, 2.75) is 32.1 Å². The standard InChI is InChI=1S/C14H17FN2O/c15-11-6-10-4-5-14(18)17-12(10)7-13(11)16-8-9-2-1-3-9/h6-7,9,16H,1-5,8H2,(H,17,18). The van der Waals surface area contributed by atoms with E-state index in [4.69, 9.17) is 0 Å². The number of fused-ring (bicyclic) bond motifs is 1. The molecule has 0 aromatic heterocycles. The molecule has 0 saturated heterocycles. The zero-order valence-corrected chi connectivity index (χ0v) is 10.3. The van der Waals surface area contributed by atoms with Gasteiger partial charge in [-0.15, -0.1) is 0 Å². The molecule has 4 heteroatoms. The number of aryl methyl sites for hydroxylation is 1. The third-order valence-electron chi connectivity index (χ3n) is 3.89. The lowest BCUT2D eigenvalue weighted by atomic mass is 9.85. The van der Waals surface area contributed by atoms with Crippen LogP contribution in [0.1, 0.15) is 31.2 Å². The van der Waals surface area contributed by atoms with E-state index in [0.717, 1.165) is 17.8 Å². The first-order valence-corrected chi connectivity index (χ1v) is 6.58. The van der Waals surface area contributed by atoms with Crippen LogP contribution in [0.15, 0.2) is 12.1 Å². The van der Waals surface area contributed by atoms with Crippen molar-refractivity contribution in [3.05, 3.63) is 23.5 Å². The number of amides is 1. The summed E-state index contributed by atoms with van der Waals surface area (Å²) in [7, 11) is 0. The van der Waals surface area contributed by atoms with Crippen LogP contribution in [-0.4, -0.2) is 12.5 Å². The summed E-state index contributed by atoms with van der Waals surface area (Å²) in [5.41, 5.74) is 2.15. The summed E-state index contributed by atoms with van der Waals surface area (Å²) in [6.07, 6.45) is 4.82. The molecule has 96 valence electrons. The van der Waals surface area contributed by atoms with E-state index in [0.29, 0.717) is 24.4 Å². The summed E-state index contributed by atoms with van der Waals surface area (Å²) in [5.74, 6) is 0.471. The van der Waals surface area contributed by atoms with Gasteiger partial charge in [-0.1, -0.05) is 6.42 Å². The van der Waals surface area contributed by atoms with Gasteiger partial charge >= 0.3 is 0 Å². The molecule has 1 aromatic rings. The zero-order chi connectivity index (χ0) is 12.5. The van der Waals surface area contributed by atoms with E-state index < -0.39 is 0 Å². The van der Waals surface area contributed by atoms with Crippen molar-refractivity contribution in [1.29, 1.82) is 0 Å². The Hall–Kier alpha value is -1.58. The van der Waals surface area contributed by atoms with Gasteiger partial charge in [0.25, 0.3) is 0 Å². The first kappa shape index (κ1) is 11.5. The summed E-state index contributed by atoms with van der Waals surface area (Å²) >= 11 is 0. The second-order valence-corrected chi connectivity index (χ2v) is 5.22. The number of hydrogen-bond donors (Lipinski definition) is 2. The molecule has 0 bridgehead atoms. The highest BCUT2D eigenvalue weighted by Gasteiger charge is 2.20. The normalized spacial score (nSPS) is 18.8. The van der Waals surface area contributed by atoms with Crippen LogP contribution < -0.4 is 10.6 Å². The molecule has 0 atom stereocenters. The van der Waals surface area contributed by atoms with Crippen molar-refractivity contribution >= 4 is 17.3 Å². The molecule has 0 radical (unpaired) electrons. The van der Waals surface area contributed by atoms with E-state index in [1.54, 1.807) is 6.07 Å². The van der Waals surface area contributed by atoms with Gasteiger partial charge in [-0.05, 0) is 42.9 Å². The van der Waals surface area contributed by atoms with Gasteiger partial charge in [-0.25, -0.2) is 4.39 Å². The minimum absolute atomic E-state index is 0.0130. The van der Waals surface area contributed by atoms with Crippen molar-refractivity contribution in [2.24, 2.45) is 5.92 Å². The van der Waals surface area contributed by atoms with Gasteiger partial charge in [0.1, 0.15) is 5.82 Å². The van der Waals surface area contributed by atoms with E-state index >= 15 is 0 Å². The second-order valence-electron chi connectivity index (χ2n) is 5.22. The largest absolute Gasteiger partial charge is 0.382 e. The van der Waals surface area contributed by atoms with Crippen molar-refractivity contribution in [3.8, 4) is 0 Å². The topological polar surface area (TPSA) is 41.1 Å². The Morgan fingerprint density at radius 2 is 2.17 bits per heavy atom. The smallest absolute Gasteiger partial charge is 0.224 e. The number of hydrogen-bond acceptors (Lipinski definition) is 2. The quantitative estimate of drug-likeness (QED) is 0.863. The Labute approximate surface area is 106 Å². The van der Waals surface area contributed by atoms with E-state index in [1.807, 2.05) is 0 Å². The molecule has 1 fully saturated rings. The van der Waals surface area contributed by atoms with Crippen LogP contribution in [0.2, 0.25) is 0 Å². The highest BCUT2D eigenvalue weighted by atomic mass is 19.1. The molecule has 1 saturated carbocycles. The van der Waals surface area contributed by atoms with Crippen LogP contribution in [0.25, 0.3) is 0 Å².